The fourth-order valence-electron chi connectivity index (χ4n) is 3.84. The van der Waals surface area contributed by atoms with Gasteiger partial charge in [0.2, 0.25) is 5.91 Å². The summed E-state index contributed by atoms with van der Waals surface area (Å²) >= 11 is 0. The Hall–Kier alpha value is -2.82. The van der Waals surface area contributed by atoms with E-state index in [-0.39, 0.29) is 11.1 Å². The molecule has 1 aliphatic carbocycles. The zero-order valence-electron chi connectivity index (χ0n) is 19.4. The van der Waals surface area contributed by atoms with Crippen LogP contribution in [0, 0.1) is 5.41 Å². The van der Waals surface area contributed by atoms with Gasteiger partial charge in [0.05, 0.1) is 5.56 Å². The molecule has 1 aliphatic rings. The van der Waals surface area contributed by atoms with Gasteiger partial charge in [-0.15, -0.1) is 0 Å². The van der Waals surface area contributed by atoms with Crippen molar-refractivity contribution in [1.82, 2.24) is 0 Å². The second-order valence-corrected chi connectivity index (χ2v) is 8.99. The van der Waals surface area contributed by atoms with Crippen LogP contribution < -0.4 is 5.32 Å². The summed E-state index contributed by atoms with van der Waals surface area (Å²) < 4.78 is 38.4. The maximum absolute atomic E-state index is 12.8. The number of alkyl halides is 3. The second kappa shape index (κ2) is 10.7. The van der Waals surface area contributed by atoms with Crippen molar-refractivity contribution < 1.29 is 18.0 Å². The number of anilines is 1. The number of carbonyl (C=O) groups is 1. The number of nitrogens with one attached hydrogen (secondary N) is 1. The Labute approximate surface area is 189 Å². The monoisotopic (exact) mass is 443 g/mol. The van der Waals surface area contributed by atoms with Gasteiger partial charge in [0.25, 0.3) is 0 Å². The lowest BCUT2D eigenvalue weighted by Crippen LogP contribution is -2.19. The molecule has 0 radical (unpaired) electrons. The van der Waals surface area contributed by atoms with Crippen molar-refractivity contribution >= 4 is 11.6 Å². The number of halogens is 3. The number of rotatable bonds is 6. The van der Waals surface area contributed by atoms with Gasteiger partial charge >= 0.3 is 6.18 Å². The lowest BCUT2D eigenvalue weighted by atomic mass is 9.72. The molecule has 0 saturated carbocycles. The molecule has 172 valence electrons. The molecule has 1 amide bonds. The number of benzene rings is 1. The molecule has 1 aromatic rings. The van der Waals surface area contributed by atoms with Crippen LogP contribution in [0.4, 0.5) is 18.9 Å². The van der Waals surface area contributed by atoms with Crippen LogP contribution >= 0.6 is 0 Å². The fraction of sp³-hybridized carbons (Fsp3) is 0.370. The summed E-state index contributed by atoms with van der Waals surface area (Å²) in [7, 11) is 0. The molecule has 0 spiro atoms. The van der Waals surface area contributed by atoms with Gasteiger partial charge in [-0.25, -0.2) is 0 Å². The molecule has 2 nitrogen and oxygen atoms in total. The first-order valence-corrected chi connectivity index (χ1v) is 10.8. The van der Waals surface area contributed by atoms with Gasteiger partial charge < -0.3 is 5.32 Å². The van der Waals surface area contributed by atoms with Crippen molar-refractivity contribution in [2.45, 2.75) is 60.1 Å². The lowest BCUT2D eigenvalue weighted by Gasteiger charge is -2.32. The molecule has 0 aromatic heterocycles. The summed E-state index contributed by atoms with van der Waals surface area (Å²) in [6.45, 7) is 10.6. The Morgan fingerprint density at radius 3 is 2.50 bits per heavy atom. The predicted molar refractivity (Wildman–Crippen MR) is 126 cm³/mol. The van der Waals surface area contributed by atoms with E-state index in [1.165, 1.54) is 42.2 Å². The van der Waals surface area contributed by atoms with Crippen molar-refractivity contribution in [2.75, 3.05) is 5.32 Å². The average molecular weight is 444 g/mol. The lowest BCUT2D eigenvalue weighted by molar-refractivity contribution is -0.137. The van der Waals surface area contributed by atoms with E-state index in [0.717, 1.165) is 24.1 Å². The summed E-state index contributed by atoms with van der Waals surface area (Å²) in [6.07, 6.45) is 10.4. The van der Waals surface area contributed by atoms with Crippen molar-refractivity contribution in [3.8, 4) is 0 Å². The Kier molecular flexibility index (Phi) is 8.48. The molecule has 0 fully saturated rings. The maximum atomic E-state index is 12.8. The van der Waals surface area contributed by atoms with E-state index >= 15 is 0 Å². The largest absolute Gasteiger partial charge is 0.416 e. The van der Waals surface area contributed by atoms with Crippen LogP contribution in [0.5, 0.6) is 0 Å². The second-order valence-electron chi connectivity index (χ2n) is 8.99. The van der Waals surface area contributed by atoms with Gasteiger partial charge in [-0.3, -0.25) is 4.79 Å². The molecular weight excluding hydrogens is 411 g/mol. The summed E-state index contributed by atoms with van der Waals surface area (Å²) in [4.78, 5) is 12.1. The van der Waals surface area contributed by atoms with Crippen molar-refractivity contribution in [3.63, 3.8) is 0 Å². The molecule has 2 rings (SSSR count). The number of carbonyl (C=O) groups excluding carboxylic acids is 1. The summed E-state index contributed by atoms with van der Waals surface area (Å²) in [5, 5.41) is 2.47. The normalized spacial score (nSPS) is 18.0. The van der Waals surface area contributed by atoms with Crippen molar-refractivity contribution in [3.05, 3.63) is 88.6 Å². The van der Waals surface area contributed by atoms with Gasteiger partial charge in [0, 0.05) is 11.8 Å². The summed E-state index contributed by atoms with van der Waals surface area (Å²) in [5.41, 5.74) is 4.13. The highest BCUT2D eigenvalue weighted by Crippen LogP contribution is 2.40. The minimum atomic E-state index is -4.45. The summed E-state index contributed by atoms with van der Waals surface area (Å²) in [5.74, 6) is -0.478. The van der Waals surface area contributed by atoms with Gasteiger partial charge in [0.15, 0.2) is 0 Å². The van der Waals surface area contributed by atoms with Crippen LogP contribution in [0.2, 0.25) is 0 Å². The topological polar surface area (TPSA) is 29.1 Å². The summed E-state index contributed by atoms with van der Waals surface area (Å²) in [6, 6.07) is 4.58. The average Bonchev–Trinajstić information content (AvgIpc) is 2.66. The van der Waals surface area contributed by atoms with E-state index in [4.69, 9.17) is 0 Å². The van der Waals surface area contributed by atoms with Gasteiger partial charge in [-0.1, -0.05) is 61.4 Å². The molecule has 0 unspecified atom stereocenters. The highest BCUT2D eigenvalue weighted by Gasteiger charge is 2.30. The predicted octanol–water partition coefficient (Wildman–Crippen LogP) is 8.18. The molecule has 1 aromatic carbocycles. The molecule has 0 aliphatic heterocycles. The van der Waals surface area contributed by atoms with Crippen LogP contribution in [-0.2, 0) is 11.0 Å². The van der Waals surface area contributed by atoms with E-state index in [1.54, 1.807) is 13.0 Å². The molecule has 32 heavy (non-hydrogen) atoms. The Balaban J connectivity index is 1.99. The number of allylic oxidation sites excluding steroid dienone is 9. The smallest absolute Gasteiger partial charge is 0.322 e. The quantitative estimate of drug-likeness (QED) is 0.349. The first-order chi connectivity index (χ1) is 14.9. The van der Waals surface area contributed by atoms with Gasteiger partial charge in [-0.05, 0) is 74.8 Å². The SMILES string of the molecule is CC(C=CC1=C(C)CCCC1(C)C)=CC=CC(C)=CC(=O)Nc1cccc(C(F)(F)F)c1. The molecular formula is C27H32F3NO. The zero-order chi connectivity index (χ0) is 23.9. The first kappa shape index (κ1) is 25.4. The first-order valence-electron chi connectivity index (χ1n) is 10.8. The van der Waals surface area contributed by atoms with Gasteiger partial charge in [-0.2, -0.15) is 13.2 Å². The van der Waals surface area contributed by atoms with E-state index in [2.05, 4.69) is 38.2 Å². The Morgan fingerprint density at radius 1 is 1.12 bits per heavy atom. The van der Waals surface area contributed by atoms with Gasteiger partial charge in [0.1, 0.15) is 0 Å². The van der Waals surface area contributed by atoms with E-state index in [9.17, 15) is 18.0 Å². The minimum absolute atomic E-state index is 0.106. The van der Waals surface area contributed by atoms with E-state index < -0.39 is 17.6 Å². The number of hydrogen-bond acceptors (Lipinski definition) is 1. The van der Waals surface area contributed by atoms with E-state index in [0.29, 0.717) is 5.57 Å². The van der Waals surface area contributed by atoms with Crippen molar-refractivity contribution in [2.24, 2.45) is 5.41 Å². The highest BCUT2D eigenvalue weighted by molar-refractivity contribution is 6.00. The molecule has 1 N–H and O–H groups in total. The Bertz CT molecular complexity index is 988. The van der Waals surface area contributed by atoms with Crippen molar-refractivity contribution in [1.29, 1.82) is 0 Å². The van der Waals surface area contributed by atoms with E-state index in [1.807, 2.05) is 19.1 Å². The zero-order valence-corrected chi connectivity index (χ0v) is 19.4. The molecule has 0 heterocycles. The molecule has 0 saturated heterocycles. The van der Waals surface area contributed by atoms with Crippen LogP contribution in [0.25, 0.3) is 0 Å². The third-order valence-corrected chi connectivity index (χ3v) is 5.59. The standard InChI is InChI=1S/C27H32F3NO/c1-19(14-15-24-21(3)11-8-16-26(24,4)5)9-6-10-20(2)17-25(32)31-23-13-7-12-22(18-23)27(28,29)30/h6-7,9-10,12-15,17-18H,8,11,16H2,1-5H3,(H,31,32). The third kappa shape index (κ3) is 7.70. The van der Waals surface area contributed by atoms with Crippen LogP contribution in [0.15, 0.2) is 83.0 Å². The fourth-order valence-corrected chi connectivity index (χ4v) is 3.84. The number of hydrogen-bond donors (Lipinski definition) is 1. The Morgan fingerprint density at radius 2 is 1.84 bits per heavy atom. The number of amides is 1. The van der Waals surface area contributed by atoms with Crippen LogP contribution in [0.1, 0.15) is 59.4 Å². The van der Waals surface area contributed by atoms with Crippen LogP contribution in [0.3, 0.4) is 0 Å². The maximum Gasteiger partial charge on any atom is 0.416 e. The molecule has 0 bridgehead atoms. The third-order valence-electron chi connectivity index (χ3n) is 5.59. The van der Waals surface area contributed by atoms with Crippen LogP contribution in [-0.4, -0.2) is 5.91 Å². The highest BCUT2D eigenvalue weighted by atomic mass is 19.4. The molecule has 0 atom stereocenters. The minimum Gasteiger partial charge on any atom is -0.322 e. The molecule has 5 heteroatoms.